The molecule has 1 N–H and O–H groups in total. The van der Waals surface area contributed by atoms with Crippen molar-refractivity contribution < 1.29 is 5.11 Å². The lowest BCUT2D eigenvalue weighted by Crippen LogP contribution is -2.10. The fourth-order valence-electron chi connectivity index (χ4n) is 1.52. The Labute approximate surface area is 69.1 Å². The molecule has 0 aromatic rings. The van der Waals surface area contributed by atoms with Crippen molar-refractivity contribution in [3.8, 4) is 0 Å². The van der Waals surface area contributed by atoms with Crippen LogP contribution >= 0.6 is 0 Å². The van der Waals surface area contributed by atoms with Crippen molar-refractivity contribution in [2.75, 3.05) is 0 Å². The minimum atomic E-state index is -0.239. The number of aliphatic hydroxyl groups excluding tert-OH is 1. The average molecular weight is 154 g/mol. The third kappa shape index (κ3) is 2.33. The predicted octanol–water partition coefficient (Wildman–Crippen LogP) is 2.50. The molecule has 1 rings (SSSR count). The minimum absolute atomic E-state index is 0.239. The molecule has 0 aliphatic heterocycles. The number of rotatable bonds is 0. The van der Waals surface area contributed by atoms with Crippen molar-refractivity contribution in [1.82, 2.24) is 0 Å². The summed E-state index contributed by atoms with van der Waals surface area (Å²) in [5, 5.41) is 9.49. The van der Waals surface area contributed by atoms with Gasteiger partial charge in [-0.2, -0.15) is 0 Å². The summed E-state index contributed by atoms with van der Waals surface area (Å²) in [5.74, 6) is 0. The molecule has 0 amide bonds. The van der Waals surface area contributed by atoms with E-state index in [0.717, 1.165) is 24.8 Å². The molecule has 1 aliphatic carbocycles. The Morgan fingerprint density at radius 3 is 2.73 bits per heavy atom. The maximum Gasteiger partial charge on any atom is 0.0747 e. The van der Waals surface area contributed by atoms with E-state index in [1.165, 1.54) is 6.42 Å². The summed E-state index contributed by atoms with van der Waals surface area (Å²) in [5.41, 5.74) is 1.43. The molecular formula is C10H18O. The Hall–Kier alpha value is -0.300. The summed E-state index contributed by atoms with van der Waals surface area (Å²) >= 11 is 0. The molecule has 0 spiro atoms. The van der Waals surface area contributed by atoms with Crippen LogP contribution in [0.1, 0.15) is 39.5 Å². The van der Waals surface area contributed by atoms with Crippen LogP contribution in [-0.4, -0.2) is 11.2 Å². The standard InChI is InChI=1S/C10H18O/c1-8-4-6-10(2,3)7-5-9(8)11/h9,11H,1,4-7H2,2-3H3. The second-order valence-electron chi connectivity index (χ2n) is 4.38. The molecule has 0 aromatic heterocycles. The van der Waals surface area contributed by atoms with Crippen LogP contribution in [0.25, 0.3) is 0 Å². The van der Waals surface area contributed by atoms with Gasteiger partial charge in [-0.1, -0.05) is 20.4 Å². The van der Waals surface area contributed by atoms with Crippen molar-refractivity contribution in [3.63, 3.8) is 0 Å². The third-order valence-corrected chi connectivity index (χ3v) is 2.69. The first-order valence-electron chi connectivity index (χ1n) is 4.37. The molecule has 1 atom stereocenters. The van der Waals surface area contributed by atoms with E-state index in [1.807, 2.05) is 0 Å². The quantitative estimate of drug-likeness (QED) is 0.420. The molecule has 0 heterocycles. The van der Waals surface area contributed by atoms with E-state index >= 15 is 0 Å². The Morgan fingerprint density at radius 2 is 2.09 bits per heavy atom. The van der Waals surface area contributed by atoms with Gasteiger partial charge in [0, 0.05) is 0 Å². The maximum absolute atomic E-state index is 9.49. The Bertz CT molecular complexity index is 158. The molecule has 0 aromatic carbocycles. The lowest BCUT2D eigenvalue weighted by Gasteiger charge is -2.21. The van der Waals surface area contributed by atoms with Crippen LogP contribution in [0.5, 0.6) is 0 Å². The first kappa shape index (κ1) is 8.79. The van der Waals surface area contributed by atoms with E-state index in [9.17, 15) is 5.11 Å². The highest BCUT2D eigenvalue weighted by molar-refractivity contribution is 5.04. The van der Waals surface area contributed by atoms with Gasteiger partial charge in [0.05, 0.1) is 6.10 Å². The fourth-order valence-corrected chi connectivity index (χ4v) is 1.52. The maximum atomic E-state index is 9.49. The van der Waals surface area contributed by atoms with E-state index in [1.54, 1.807) is 0 Å². The van der Waals surface area contributed by atoms with Crippen LogP contribution in [0.15, 0.2) is 12.2 Å². The van der Waals surface area contributed by atoms with E-state index < -0.39 is 0 Å². The zero-order valence-electron chi connectivity index (χ0n) is 7.56. The smallest absolute Gasteiger partial charge is 0.0747 e. The van der Waals surface area contributed by atoms with Gasteiger partial charge in [-0.15, -0.1) is 0 Å². The second-order valence-corrected chi connectivity index (χ2v) is 4.38. The summed E-state index contributed by atoms with van der Waals surface area (Å²) < 4.78 is 0. The fraction of sp³-hybridized carbons (Fsp3) is 0.800. The molecule has 11 heavy (non-hydrogen) atoms. The number of aliphatic hydroxyl groups is 1. The van der Waals surface area contributed by atoms with Gasteiger partial charge in [0.15, 0.2) is 0 Å². The zero-order chi connectivity index (χ0) is 8.48. The van der Waals surface area contributed by atoms with Crippen LogP contribution in [0, 0.1) is 5.41 Å². The summed E-state index contributed by atoms with van der Waals surface area (Å²) in [6.07, 6.45) is 3.94. The first-order valence-corrected chi connectivity index (χ1v) is 4.37. The lowest BCUT2D eigenvalue weighted by molar-refractivity contribution is 0.187. The largest absolute Gasteiger partial charge is 0.389 e. The molecule has 1 heteroatoms. The molecule has 1 saturated carbocycles. The highest BCUT2D eigenvalue weighted by Gasteiger charge is 2.24. The number of hydrogen-bond donors (Lipinski definition) is 1. The van der Waals surface area contributed by atoms with Gasteiger partial charge < -0.3 is 5.11 Å². The normalized spacial score (nSPS) is 31.5. The summed E-state index contributed by atoms with van der Waals surface area (Å²) in [4.78, 5) is 0. The van der Waals surface area contributed by atoms with Crippen LogP contribution in [-0.2, 0) is 0 Å². The highest BCUT2D eigenvalue weighted by Crippen LogP contribution is 2.35. The molecule has 64 valence electrons. The van der Waals surface area contributed by atoms with Gasteiger partial charge in [0.25, 0.3) is 0 Å². The van der Waals surface area contributed by atoms with Crippen LogP contribution < -0.4 is 0 Å². The van der Waals surface area contributed by atoms with Gasteiger partial charge >= 0.3 is 0 Å². The number of hydrogen-bond acceptors (Lipinski definition) is 1. The molecule has 1 aliphatic rings. The van der Waals surface area contributed by atoms with Crippen LogP contribution in [0.3, 0.4) is 0 Å². The van der Waals surface area contributed by atoms with Crippen molar-refractivity contribution in [1.29, 1.82) is 0 Å². The SMILES string of the molecule is C=C1CCC(C)(C)CCC1O. The van der Waals surface area contributed by atoms with Crippen molar-refractivity contribution in [2.45, 2.75) is 45.6 Å². The molecule has 0 radical (unpaired) electrons. The molecular weight excluding hydrogens is 136 g/mol. The molecule has 0 bridgehead atoms. The lowest BCUT2D eigenvalue weighted by atomic mass is 9.85. The summed E-state index contributed by atoms with van der Waals surface area (Å²) in [6.45, 7) is 8.40. The zero-order valence-corrected chi connectivity index (χ0v) is 7.56. The Balaban J connectivity index is 2.58. The van der Waals surface area contributed by atoms with Gasteiger partial charge in [-0.25, -0.2) is 0 Å². The van der Waals surface area contributed by atoms with Gasteiger partial charge in [0.1, 0.15) is 0 Å². The van der Waals surface area contributed by atoms with Crippen molar-refractivity contribution in [2.24, 2.45) is 5.41 Å². The van der Waals surface area contributed by atoms with E-state index in [2.05, 4.69) is 20.4 Å². The van der Waals surface area contributed by atoms with Gasteiger partial charge in [-0.3, -0.25) is 0 Å². The molecule has 1 unspecified atom stereocenters. The molecule has 1 fully saturated rings. The van der Waals surface area contributed by atoms with E-state index in [-0.39, 0.29) is 6.10 Å². The minimum Gasteiger partial charge on any atom is -0.389 e. The Kier molecular flexibility index (Phi) is 2.38. The topological polar surface area (TPSA) is 20.2 Å². The summed E-state index contributed by atoms with van der Waals surface area (Å²) in [6, 6.07) is 0. The molecule has 0 saturated heterocycles. The highest BCUT2D eigenvalue weighted by atomic mass is 16.3. The summed E-state index contributed by atoms with van der Waals surface area (Å²) in [7, 11) is 0. The first-order chi connectivity index (χ1) is 5.01. The van der Waals surface area contributed by atoms with Crippen molar-refractivity contribution in [3.05, 3.63) is 12.2 Å². The molecule has 1 nitrogen and oxygen atoms in total. The van der Waals surface area contributed by atoms with Gasteiger partial charge in [0.2, 0.25) is 0 Å². The van der Waals surface area contributed by atoms with Crippen LogP contribution in [0.2, 0.25) is 0 Å². The van der Waals surface area contributed by atoms with E-state index in [4.69, 9.17) is 0 Å². The van der Waals surface area contributed by atoms with Crippen molar-refractivity contribution >= 4 is 0 Å². The van der Waals surface area contributed by atoms with E-state index in [0.29, 0.717) is 5.41 Å². The average Bonchev–Trinajstić information content (AvgIpc) is 2.03. The second kappa shape index (κ2) is 2.98. The third-order valence-electron chi connectivity index (χ3n) is 2.69. The monoisotopic (exact) mass is 154 g/mol. The predicted molar refractivity (Wildman–Crippen MR) is 47.4 cm³/mol. The van der Waals surface area contributed by atoms with Crippen LogP contribution in [0.4, 0.5) is 0 Å². The van der Waals surface area contributed by atoms with Gasteiger partial charge in [-0.05, 0) is 36.7 Å². The Morgan fingerprint density at radius 1 is 1.45 bits per heavy atom.